The maximum absolute atomic E-state index is 4.68. The van der Waals surface area contributed by atoms with Gasteiger partial charge in [0.15, 0.2) is 0 Å². The summed E-state index contributed by atoms with van der Waals surface area (Å²) in [6, 6.07) is 10.3. The van der Waals surface area contributed by atoms with E-state index in [2.05, 4.69) is 44.1 Å². The van der Waals surface area contributed by atoms with Gasteiger partial charge in [0.05, 0.1) is 5.69 Å². The Labute approximate surface area is 132 Å². The highest BCUT2D eigenvalue weighted by Gasteiger charge is 2.05. The summed E-state index contributed by atoms with van der Waals surface area (Å²) in [6.45, 7) is 2.89. The van der Waals surface area contributed by atoms with Crippen molar-refractivity contribution in [3.8, 4) is 10.6 Å². The smallest absolute Gasteiger partial charge is 0.202 e. The van der Waals surface area contributed by atoms with E-state index in [1.165, 1.54) is 17.1 Å². The van der Waals surface area contributed by atoms with Crippen LogP contribution in [0.4, 0.5) is 5.13 Å². The van der Waals surface area contributed by atoms with Crippen LogP contribution in [0, 0.1) is 0 Å². The molecule has 0 saturated carbocycles. The van der Waals surface area contributed by atoms with Crippen LogP contribution in [0.2, 0.25) is 0 Å². The maximum atomic E-state index is 4.68. The molecule has 21 heavy (non-hydrogen) atoms. The quantitative estimate of drug-likeness (QED) is 0.750. The zero-order valence-corrected chi connectivity index (χ0v) is 13.4. The van der Waals surface area contributed by atoms with Crippen molar-refractivity contribution >= 4 is 28.0 Å². The number of nitrogens with one attached hydrogen (secondary N) is 1. The van der Waals surface area contributed by atoms with E-state index in [0.717, 1.165) is 41.0 Å². The predicted molar refractivity (Wildman–Crippen MR) is 89.0 cm³/mol. The lowest BCUT2D eigenvalue weighted by Crippen LogP contribution is -2.04. The monoisotopic (exact) mass is 316 g/mol. The van der Waals surface area contributed by atoms with Crippen LogP contribution < -0.4 is 5.32 Å². The molecule has 0 saturated heterocycles. The molecule has 6 heteroatoms. The Morgan fingerprint density at radius 3 is 2.76 bits per heavy atom. The van der Waals surface area contributed by atoms with E-state index < -0.39 is 0 Å². The molecule has 0 aliphatic heterocycles. The van der Waals surface area contributed by atoms with Crippen LogP contribution >= 0.6 is 22.9 Å². The number of aromatic nitrogens is 3. The van der Waals surface area contributed by atoms with E-state index in [9.17, 15) is 0 Å². The molecule has 0 amide bonds. The summed E-state index contributed by atoms with van der Waals surface area (Å²) >= 11 is 3.11. The van der Waals surface area contributed by atoms with Crippen LogP contribution in [0.5, 0.6) is 0 Å². The van der Waals surface area contributed by atoms with Gasteiger partial charge in [-0.05, 0) is 0 Å². The molecule has 3 aromatic rings. The van der Waals surface area contributed by atoms with Gasteiger partial charge in [-0.2, -0.15) is 4.37 Å². The van der Waals surface area contributed by atoms with Crippen LogP contribution in [0.25, 0.3) is 10.6 Å². The summed E-state index contributed by atoms with van der Waals surface area (Å²) < 4.78 is 4.26. The number of hydrogen-bond donors (Lipinski definition) is 1. The Bertz CT molecular complexity index is 691. The van der Waals surface area contributed by atoms with Crippen LogP contribution in [0.15, 0.2) is 35.7 Å². The highest BCUT2D eigenvalue weighted by atomic mass is 32.1. The minimum Gasteiger partial charge on any atom is -0.360 e. The number of aryl methyl sites for hydroxylation is 1. The average Bonchev–Trinajstić information content (AvgIpc) is 3.17. The maximum Gasteiger partial charge on any atom is 0.202 e. The Morgan fingerprint density at radius 1 is 1.14 bits per heavy atom. The summed E-state index contributed by atoms with van der Waals surface area (Å²) in [5.74, 6) is 0.905. The SMILES string of the molecule is CCc1nsc(NCCc2csc(-c3ccccc3)n2)n1. The highest BCUT2D eigenvalue weighted by Crippen LogP contribution is 2.23. The van der Waals surface area contributed by atoms with Crippen LogP contribution in [0.3, 0.4) is 0 Å². The molecule has 1 N–H and O–H groups in total. The van der Waals surface area contributed by atoms with E-state index >= 15 is 0 Å². The predicted octanol–water partition coefficient (Wildman–Crippen LogP) is 3.88. The van der Waals surface area contributed by atoms with Crippen molar-refractivity contribution in [2.75, 3.05) is 11.9 Å². The number of hydrogen-bond acceptors (Lipinski definition) is 6. The van der Waals surface area contributed by atoms with Gasteiger partial charge in [0.25, 0.3) is 0 Å². The minimum absolute atomic E-state index is 0.830. The normalized spacial score (nSPS) is 10.7. The molecule has 0 atom stereocenters. The van der Waals surface area contributed by atoms with Crippen LogP contribution in [-0.2, 0) is 12.8 Å². The molecule has 0 fully saturated rings. The molecule has 0 aliphatic carbocycles. The van der Waals surface area contributed by atoms with E-state index in [4.69, 9.17) is 0 Å². The van der Waals surface area contributed by atoms with Crippen molar-refractivity contribution in [2.24, 2.45) is 0 Å². The van der Waals surface area contributed by atoms with Gasteiger partial charge in [-0.15, -0.1) is 11.3 Å². The molecule has 0 aliphatic rings. The number of anilines is 1. The van der Waals surface area contributed by atoms with Crippen molar-refractivity contribution in [1.29, 1.82) is 0 Å². The first-order valence-corrected chi connectivity index (χ1v) is 8.56. The van der Waals surface area contributed by atoms with Crippen molar-refractivity contribution < 1.29 is 0 Å². The van der Waals surface area contributed by atoms with Crippen molar-refractivity contribution in [2.45, 2.75) is 19.8 Å². The second-order valence-corrected chi connectivity index (χ2v) is 6.17. The zero-order chi connectivity index (χ0) is 14.5. The zero-order valence-electron chi connectivity index (χ0n) is 11.7. The Morgan fingerprint density at radius 2 is 2.00 bits per heavy atom. The summed E-state index contributed by atoms with van der Waals surface area (Å²) in [7, 11) is 0. The molecular formula is C15H16N4S2. The van der Waals surface area contributed by atoms with Crippen LogP contribution in [0.1, 0.15) is 18.4 Å². The molecule has 1 aromatic carbocycles. The molecule has 0 radical (unpaired) electrons. The molecule has 3 rings (SSSR count). The Hall–Kier alpha value is -1.79. The van der Waals surface area contributed by atoms with Gasteiger partial charge in [-0.25, -0.2) is 9.97 Å². The molecule has 0 spiro atoms. The topological polar surface area (TPSA) is 50.7 Å². The van der Waals surface area contributed by atoms with Crippen molar-refractivity contribution in [3.63, 3.8) is 0 Å². The largest absolute Gasteiger partial charge is 0.360 e. The number of rotatable bonds is 6. The van der Waals surface area contributed by atoms with Crippen LogP contribution in [-0.4, -0.2) is 20.9 Å². The number of nitrogens with zero attached hydrogens (tertiary/aromatic N) is 3. The lowest BCUT2D eigenvalue weighted by Gasteiger charge is -1.99. The van der Waals surface area contributed by atoms with Crippen molar-refractivity contribution in [3.05, 3.63) is 47.2 Å². The summed E-state index contributed by atoms with van der Waals surface area (Å²) in [5.41, 5.74) is 2.30. The second-order valence-electron chi connectivity index (χ2n) is 4.56. The fourth-order valence-corrected chi connectivity index (χ4v) is 3.44. The summed E-state index contributed by atoms with van der Waals surface area (Å²) in [5, 5.41) is 7.41. The van der Waals surface area contributed by atoms with Gasteiger partial charge in [-0.3, -0.25) is 0 Å². The van der Waals surface area contributed by atoms with Gasteiger partial charge < -0.3 is 5.32 Å². The van der Waals surface area contributed by atoms with E-state index in [1.54, 1.807) is 11.3 Å². The molecule has 4 nitrogen and oxygen atoms in total. The van der Waals surface area contributed by atoms with Gasteiger partial charge in [0.2, 0.25) is 5.13 Å². The Kier molecular flexibility index (Phi) is 4.57. The average molecular weight is 316 g/mol. The molecule has 0 bridgehead atoms. The number of thiazole rings is 1. The lowest BCUT2D eigenvalue weighted by molar-refractivity contribution is 0.960. The fourth-order valence-electron chi connectivity index (χ4n) is 1.90. The molecule has 2 aromatic heterocycles. The first-order valence-electron chi connectivity index (χ1n) is 6.91. The molecule has 0 unspecified atom stereocenters. The first kappa shape index (κ1) is 14.2. The van der Waals surface area contributed by atoms with E-state index in [-0.39, 0.29) is 0 Å². The molecule has 2 heterocycles. The summed E-state index contributed by atoms with van der Waals surface area (Å²) in [4.78, 5) is 9.07. The third-order valence-corrected chi connectivity index (χ3v) is 4.66. The minimum atomic E-state index is 0.830. The Balaban J connectivity index is 1.55. The van der Waals surface area contributed by atoms with Gasteiger partial charge in [-0.1, -0.05) is 37.3 Å². The first-order chi connectivity index (χ1) is 10.3. The highest BCUT2D eigenvalue weighted by molar-refractivity contribution is 7.13. The van der Waals surface area contributed by atoms with Crippen molar-refractivity contribution in [1.82, 2.24) is 14.3 Å². The summed E-state index contributed by atoms with van der Waals surface area (Å²) in [6.07, 6.45) is 1.77. The van der Waals surface area contributed by atoms with Gasteiger partial charge in [0.1, 0.15) is 10.8 Å². The standard InChI is InChI=1S/C15H16N4S2/c1-2-13-18-15(21-19-13)16-9-8-12-10-20-14(17-12)11-6-4-3-5-7-11/h3-7,10H,2,8-9H2,1H3,(H,16,18,19). The lowest BCUT2D eigenvalue weighted by atomic mass is 10.2. The fraction of sp³-hybridized carbons (Fsp3) is 0.267. The van der Waals surface area contributed by atoms with Gasteiger partial charge >= 0.3 is 0 Å². The third kappa shape index (κ3) is 3.65. The molecular weight excluding hydrogens is 300 g/mol. The van der Waals surface area contributed by atoms with E-state index in [1.807, 2.05) is 18.2 Å². The number of benzene rings is 1. The van der Waals surface area contributed by atoms with E-state index in [0.29, 0.717) is 0 Å². The molecule has 108 valence electrons. The second kappa shape index (κ2) is 6.78. The van der Waals surface area contributed by atoms with Gasteiger partial charge in [0, 0.05) is 41.9 Å². The third-order valence-electron chi connectivity index (χ3n) is 3.01.